The van der Waals surface area contributed by atoms with Crippen LogP contribution in [0.15, 0.2) is 6.33 Å². The van der Waals surface area contributed by atoms with E-state index in [1.54, 1.807) is 0 Å². The molecule has 204 valence electrons. The second kappa shape index (κ2) is 11.4. The van der Waals surface area contributed by atoms with E-state index in [0.29, 0.717) is 0 Å². The Morgan fingerprint density at radius 3 is 2.49 bits per heavy atom. The van der Waals surface area contributed by atoms with Gasteiger partial charge in [0.1, 0.15) is 12.1 Å². The number of esters is 2. The number of fused-ring (bicyclic) bond motifs is 1. The molecule has 1 aliphatic heterocycles. The standard InChI is InChI=1S/C15H21N6O13P3/c1-6(22)29-3-8-9(4-30-36(25,26)34-37(27,28)33-35-24)32-14(11(8)31-7(2)23)21-5-18-10-12(16)19-15(17)20-13(10)21/h5,8-9,11,14H,3-4H2,1-2H3,(H,25,26)(H,27,28)(H4,16,17,19,20)/t8-,9-,11-,14-/m1/s1. The second-order valence-corrected chi connectivity index (χ2v) is 11.0. The molecule has 0 aliphatic carbocycles. The number of phosphoric ester groups is 1. The van der Waals surface area contributed by atoms with Crippen molar-refractivity contribution in [2.75, 3.05) is 24.7 Å². The Morgan fingerprint density at radius 1 is 1.16 bits per heavy atom. The Bertz CT molecular complexity index is 1290. The first-order valence-corrected chi connectivity index (χ1v) is 13.7. The minimum absolute atomic E-state index is 0.0499. The molecule has 2 aromatic rings. The number of anilines is 2. The topological polar surface area (TPSA) is 277 Å². The minimum Gasteiger partial charge on any atom is -0.465 e. The van der Waals surface area contributed by atoms with Gasteiger partial charge in [0.05, 0.1) is 25.0 Å². The van der Waals surface area contributed by atoms with Crippen molar-refractivity contribution < 1.29 is 60.4 Å². The van der Waals surface area contributed by atoms with E-state index in [1.807, 2.05) is 0 Å². The summed E-state index contributed by atoms with van der Waals surface area (Å²) in [6.45, 7) is 1.01. The summed E-state index contributed by atoms with van der Waals surface area (Å²) in [7, 11) is -11.8. The Hall–Kier alpha value is -2.59. The van der Waals surface area contributed by atoms with Crippen LogP contribution in [0.5, 0.6) is 0 Å². The van der Waals surface area contributed by atoms with Gasteiger partial charge in [-0.05, 0) is 0 Å². The molecule has 1 fully saturated rings. The summed E-state index contributed by atoms with van der Waals surface area (Å²) in [5, 5.41) is 0. The fourth-order valence-electron chi connectivity index (χ4n) is 3.44. The molecule has 0 amide bonds. The number of ether oxygens (including phenoxy) is 3. The van der Waals surface area contributed by atoms with E-state index >= 15 is 0 Å². The quantitative estimate of drug-likeness (QED) is 0.205. The average molecular weight is 586 g/mol. The lowest BCUT2D eigenvalue weighted by molar-refractivity contribution is -0.155. The average Bonchev–Trinajstić information content (AvgIpc) is 3.30. The van der Waals surface area contributed by atoms with Crippen molar-refractivity contribution in [2.24, 2.45) is 5.92 Å². The van der Waals surface area contributed by atoms with Crippen LogP contribution in [0.4, 0.5) is 11.8 Å². The molecule has 3 rings (SSSR count). The SMILES string of the molecule is CC(=O)OC[C@H]1[C@@H](OC(C)=O)[C@H](n2cnc3c(N)nc(N)nc32)O[C@@H]1COP(=O)(O)OP(=O)(O)OP=O. The number of nitrogen functional groups attached to an aromatic ring is 2. The van der Waals surface area contributed by atoms with E-state index in [4.69, 9.17) is 30.2 Å². The van der Waals surface area contributed by atoms with E-state index in [-0.39, 0.29) is 22.9 Å². The highest BCUT2D eigenvalue weighted by Gasteiger charge is 2.50. The van der Waals surface area contributed by atoms with Gasteiger partial charge in [0.2, 0.25) is 5.95 Å². The molecule has 19 nitrogen and oxygen atoms in total. The third-order valence-electron chi connectivity index (χ3n) is 4.76. The molecule has 37 heavy (non-hydrogen) atoms. The second-order valence-electron chi connectivity index (χ2n) is 7.37. The lowest BCUT2D eigenvalue weighted by Gasteiger charge is -2.24. The fourth-order valence-corrected chi connectivity index (χ4v) is 5.73. The van der Waals surface area contributed by atoms with E-state index < -0.39 is 73.8 Å². The lowest BCUT2D eigenvalue weighted by atomic mass is 9.99. The van der Waals surface area contributed by atoms with Crippen molar-refractivity contribution in [1.29, 1.82) is 0 Å². The van der Waals surface area contributed by atoms with Crippen LogP contribution >= 0.6 is 24.3 Å². The Kier molecular flexibility index (Phi) is 8.95. The maximum absolute atomic E-state index is 12.2. The third kappa shape index (κ3) is 7.25. The van der Waals surface area contributed by atoms with Gasteiger partial charge in [-0.15, -0.1) is 0 Å². The third-order valence-corrected chi connectivity index (χ3v) is 7.98. The number of hydrogen-bond donors (Lipinski definition) is 4. The molecular formula is C15H21N6O13P3. The van der Waals surface area contributed by atoms with Crippen LogP contribution < -0.4 is 11.5 Å². The number of carbonyl (C=O) groups excluding carboxylic acids is 2. The lowest BCUT2D eigenvalue weighted by Crippen LogP contribution is -2.36. The van der Waals surface area contributed by atoms with Crippen molar-refractivity contribution in [2.45, 2.75) is 32.3 Å². The number of carbonyl (C=O) groups is 2. The van der Waals surface area contributed by atoms with E-state index in [2.05, 4.69) is 23.6 Å². The molecule has 0 spiro atoms. The molecule has 6 atom stereocenters. The summed E-state index contributed by atoms with van der Waals surface area (Å²) in [6.07, 6.45) is -2.43. The zero-order valence-electron chi connectivity index (χ0n) is 19.0. The number of nitrogens with two attached hydrogens (primary N) is 2. The first-order chi connectivity index (χ1) is 17.2. The maximum Gasteiger partial charge on any atom is 0.491 e. The van der Waals surface area contributed by atoms with Crippen molar-refractivity contribution in [1.82, 2.24) is 19.5 Å². The Labute approximate surface area is 208 Å². The van der Waals surface area contributed by atoms with Crippen LogP contribution in [-0.2, 0) is 50.6 Å². The zero-order valence-corrected chi connectivity index (χ0v) is 21.7. The van der Waals surface area contributed by atoms with Crippen molar-refractivity contribution in [3.8, 4) is 0 Å². The highest BCUT2D eigenvalue weighted by molar-refractivity contribution is 7.63. The Balaban J connectivity index is 1.94. The molecule has 2 aromatic heterocycles. The van der Waals surface area contributed by atoms with Crippen LogP contribution in [0, 0.1) is 5.92 Å². The highest BCUT2D eigenvalue weighted by Crippen LogP contribution is 2.62. The van der Waals surface area contributed by atoms with Crippen LogP contribution in [0.3, 0.4) is 0 Å². The first-order valence-electron chi connectivity index (χ1n) is 9.97. The summed E-state index contributed by atoms with van der Waals surface area (Å²) < 4.78 is 64.3. The van der Waals surface area contributed by atoms with Gasteiger partial charge in [-0.1, -0.05) is 0 Å². The molecule has 0 aromatic carbocycles. The monoisotopic (exact) mass is 586 g/mol. The van der Waals surface area contributed by atoms with Gasteiger partial charge in [0.15, 0.2) is 23.8 Å². The van der Waals surface area contributed by atoms with Gasteiger partial charge < -0.3 is 35.5 Å². The number of aromatic nitrogens is 4. The molecule has 1 aliphatic rings. The molecule has 2 unspecified atom stereocenters. The molecule has 22 heteroatoms. The van der Waals surface area contributed by atoms with E-state index in [1.165, 1.54) is 10.9 Å². The predicted octanol–water partition coefficient (Wildman–Crippen LogP) is 0.456. The van der Waals surface area contributed by atoms with Crippen molar-refractivity contribution in [3.63, 3.8) is 0 Å². The van der Waals surface area contributed by atoms with Gasteiger partial charge in [-0.2, -0.15) is 18.6 Å². The smallest absolute Gasteiger partial charge is 0.465 e. The summed E-state index contributed by atoms with van der Waals surface area (Å²) in [5.74, 6) is -2.71. The summed E-state index contributed by atoms with van der Waals surface area (Å²) in [4.78, 5) is 54.5. The van der Waals surface area contributed by atoms with Crippen LogP contribution in [0.25, 0.3) is 11.2 Å². The summed E-state index contributed by atoms with van der Waals surface area (Å²) in [6, 6.07) is 0. The normalized spacial score (nSPS) is 25.0. The highest BCUT2D eigenvalue weighted by atomic mass is 31.3. The molecule has 0 bridgehead atoms. The van der Waals surface area contributed by atoms with Crippen LogP contribution in [0.1, 0.15) is 20.1 Å². The van der Waals surface area contributed by atoms with Crippen molar-refractivity contribution >= 4 is 59.2 Å². The number of rotatable bonds is 11. The van der Waals surface area contributed by atoms with Gasteiger partial charge >= 0.3 is 36.3 Å². The number of hydrogen-bond acceptors (Lipinski definition) is 16. The molecule has 0 radical (unpaired) electrons. The van der Waals surface area contributed by atoms with Crippen molar-refractivity contribution in [3.05, 3.63) is 6.33 Å². The summed E-state index contributed by atoms with van der Waals surface area (Å²) in [5.41, 5.74) is 11.7. The first kappa shape index (κ1) is 29.0. The van der Waals surface area contributed by atoms with Crippen LogP contribution in [0.2, 0.25) is 0 Å². The number of phosphoric acid groups is 2. The molecule has 0 saturated carbocycles. The zero-order chi connectivity index (χ0) is 27.5. The summed E-state index contributed by atoms with van der Waals surface area (Å²) >= 11 is 0. The van der Waals surface area contributed by atoms with E-state index in [0.717, 1.165) is 13.8 Å². The van der Waals surface area contributed by atoms with Crippen LogP contribution in [-0.4, -0.2) is 66.7 Å². The van der Waals surface area contributed by atoms with Gasteiger partial charge in [-0.25, -0.2) is 18.7 Å². The van der Waals surface area contributed by atoms with Gasteiger partial charge in [0.25, 0.3) is 0 Å². The molecule has 3 heterocycles. The molecule has 1 saturated heterocycles. The molecule has 6 N–H and O–H groups in total. The van der Waals surface area contributed by atoms with Gasteiger partial charge in [-0.3, -0.25) is 18.7 Å². The molecular weight excluding hydrogens is 565 g/mol. The minimum atomic E-state index is -5.29. The number of imidazole rings is 1. The van der Waals surface area contributed by atoms with Gasteiger partial charge in [0, 0.05) is 13.8 Å². The largest absolute Gasteiger partial charge is 0.491 e. The predicted molar refractivity (Wildman–Crippen MR) is 119 cm³/mol. The Morgan fingerprint density at radius 2 is 1.86 bits per heavy atom. The number of nitrogens with zero attached hydrogens (tertiary/aromatic N) is 4. The fraction of sp³-hybridized carbons (Fsp3) is 0.533. The maximum atomic E-state index is 12.2. The van der Waals surface area contributed by atoms with E-state index in [9.17, 15) is 33.1 Å².